The number of rotatable bonds is 2. The standard InChI is InChI=1S/C13H14Cl2N4O.ClH/c1-19-5-4-16-7-11(19)12-17-13(20-18-12)8-2-3-9(14)10(15)6-8;/h2-3,6,11,16H,4-5,7H2,1H3;1H. The number of hydrogen-bond donors (Lipinski definition) is 1. The highest BCUT2D eigenvalue weighted by atomic mass is 35.5. The van der Waals surface area contributed by atoms with Gasteiger partial charge < -0.3 is 9.84 Å². The van der Waals surface area contributed by atoms with Gasteiger partial charge in [0, 0.05) is 25.2 Å². The Labute approximate surface area is 139 Å². The molecule has 1 aliphatic heterocycles. The minimum absolute atomic E-state index is 0. The van der Waals surface area contributed by atoms with E-state index in [2.05, 4.69) is 27.4 Å². The molecule has 1 aliphatic rings. The van der Waals surface area contributed by atoms with Crippen molar-refractivity contribution in [1.82, 2.24) is 20.4 Å². The molecule has 0 bridgehead atoms. The van der Waals surface area contributed by atoms with Gasteiger partial charge in [-0.3, -0.25) is 4.90 Å². The molecule has 2 heterocycles. The molecule has 1 aromatic heterocycles. The van der Waals surface area contributed by atoms with E-state index in [0.717, 1.165) is 25.2 Å². The second kappa shape index (κ2) is 6.94. The van der Waals surface area contributed by atoms with Gasteiger partial charge in [0.1, 0.15) is 0 Å². The van der Waals surface area contributed by atoms with Crippen molar-refractivity contribution in [3.8, 4) is 11.5 Å². The molecule has 3 rings (SSSR count). The molecule has 2 aromatic rings. The van der Waals surface area contributed by atoms with E-state index in [1.54, 1.807) is 12.1 Å². The van der Waals surface area contributed by atoms with Crippen molar-refractivity contribution in [2.45, 2.75) is 6.04 Å². The second-order valence-electron chi connectivity index (χ2n) is 4.79. The molecule has 21 heavy (non-hydrogen) atoms. The van der Waals surface area contributed by atoms with Crippen LogP contribution in [-0.2, 0) is 0 Å². The van der Waals surface area contributed by atoms with Crippen LogP contribution in [0.25, 0.3) is 11.5 Å². The van der Waals surface area contributed by atoms with Gasteiger partial charge in [-0.2, -0.15) is 4.98 Å². The third-order valence-corrected chi connectivity index (χ3v) is 4.16. The van der Waals surface area contributed by atoms with Crippen molar-refractivity contribution in [2.24, 2.45) is 0 Å². The fourth-order valence-electron chi connectivity index (χ4n) is 2.21. The molecule has 1 aromatic carbocycles. The van der Waals surface area contributed by atoms with Crippen molar-refractivity contribution >= 4 is 35.6 Å². The molecule has 114 valence electrons. The van der Waals surface area contributed by atoms with Crippen LogP contribution in [0.2, 0.25) is 10.0 Å². The molecule has 0 spiro atoms. The van der Waals surface area contributed by atoms with E-state index in [0.29, 0.717) is 21.8 Å². The smallest absolute Gasteiger partial charge is 0.258 e. The maximum absolute atomic E-state index is 6.00. The lowest BCUT2D eigenvalue weighted by atomic mass is 10.2. The normalized spacial score (nSPS) is 19.3. The van der Waals surface area contributed by atoms with Crippen LogP contribution in [-0.4, -0.2) is 41.7 Å². The average molecular weight is 350 g/mol. The van der Waals surface area contributed by atoms with Crippen LogP contribution in [0.3, 0.4) is 0 Å². The minimum Gasteiger partial charge on any atom is -0.334 e. The quantitative estimate of drug-likeness (QED) is 0.903. The molecule has 1 saturated heterocycles. The summed E-state index contributed by atoms with van der Waals surface area (Å²) < 4.78 is 5.33. The van der Waals surface area contributed by atoms with E-state index in [-0.39, 0.29) is 18.4 Å². The number of nitrogens with one attached hydrogen (secondary N) is 1. The summed E-state index contributed by atoms with van der Waals surface area (Å²) in [6.07, 6.45) is 0. The molecule has 0 saturated carbocycles. The molecular weight excluding hydrogens is 335 g/mol. The SMILES string of the molecule is CN1CCNCC1c1noc(-c2ccc(Cl)c(Cl)c2)n1.Cl. The zero-order valence-corrected chi connectivity index (χ0v) is 13.7. The lowest BCUT2D eigenvalue weighted by molar-refractivity contribution is 0.190. The largest absolute Gasteiger partial charge is 0.334 e. The number of aromatic nitrogens is 2. The maximum Gasteiger partial charge on any atom is 0.258 e. The number of hydrogen-bond acceptors (Lipinski definition) is 5. The summed E-state index contributed by atoms with van der Waals surface area (Å²) >= 11 is 11.9. The van der Waals surface area contributed by atoms with Gasteiger partial charge in [0.15, 0.2) is 5.82 Å². The van der Waals surface area contributed by atoms with Gasteiger partial charge in [0.2, 0.25) is 0 Å². The van der Waals surface area contributed by atoms with E-state index in [4.69, 9.17) is 27.7 Å². The van der Waals surface area contributed by atoms with Crippen molar-refractivity contribution in [3.63, 3.8) is 0 Å². The summed E-state index contributed by atoms with van der Waals surface area (Å²) in [6.45, 7) is 2.75. The first-order valence-corrected chi connectivity index (χ1v) is 7.11. The van der Waals surface area contributed by atoms with E-state index in [9.17, 15) is 0 Å². The summed E-state index contributed by atoms with van der Waals surface area (Å²) in [5.74, 6) is 1.14. The Morgan fingerprint density at radius 3 is 2.86 bits per heavy atom. The first-order valence-electron chi connectivity index (χ1n) is 6.35. The van der Waals surface area contributed by atoms with E-state index in [1.807, 2.05) is 6.07 Å². The first kappa shape index (κ1) is 16.5. The van der Waals surface area contributed by atoms with Crippen LogP contribution in [0.4, 0.5) is 0 Å². The van der Waals surface area contributed by atoms with Gasteiger partial charge >= 0.3 is 0 Å². The van der Waals surface area contributed by atoms with Crippen LogP contribution in [0.5, 0.6) is 0 Å². The zero-order valence-electron chi connectivity index (χ0n) is 11.3. The molecule has 1 fully saturated rings. The third kappa shape index (κ3) is 3.49. The number of benzene rings is 1. The molecule has 0 radical (unpaired) electrons. The summed E-state index contributed by atoms with van der Waals surface area (Å²) in [6, 6.07) is 5.39. The Kier molecular flexibility index (Phi) is 5.46. The predicted octanol–water partition coefficient (Wildman–Crippen LogP) is 3.04. The molecule has 8 heteroatoms. The lowest BCUT2D eigenvalue weighted by Gasteiger charge is -2.30. The van der Waals surface area contributed by atoms with Crippen molar-refractivity contribution in [1.29, 1.82) is 0 Å². The Bertz CT molecular complexity index is 619. The van der Waals surface area contributed by atoms with E-state index in [1.165, 1.54) is 0 Å². The van der Waals surface area contributed by atoms with Crippen molar-refractivity contribution in [2.75, 3.05) is 26.7 Å². The van der Waals surface area contributed by atoms with E-state index >= 15 is 0 Å². The molecular formula is C13H15Cl3N4O. The van der Waals surface area contributed by atoms with Gasteiger partial charge in [-0.15, -0.1) is 12.4 Å². The van der Waals surface area contributed by atoms with Gasteiger partial charge in [0.25, 0.3) is 5.89 Å². The zero-order chi connectivity index (χ0) is 14.1. The third-order valence-electron chi connectivity index (χ3n) is 3.42. The monoisotopic (exact) mass is 348 g/mol. The second-order valence-corrected chi connectivity index (χ2v) is 5.60. The molecule has 0 aliphatic carbocycles. The number of piperazine rings is 1. The molecule has 1 N–H and O–H groups in total. The van der Waals surface area contributed by atoms with Gasteiger partial charge in [-0.25, -0.2) is 0 Å². The van der Waals surface area contributed by atoms with Gasteiger partial charge in [-0.1, -0.05) is 28.4 Å². The molecule has 1 atom stereocenters. The van der Waals surface area contributed by atoms with Gasteiger partial charge in [0.05, 0.1) is 16.1 Å². The highest BCUT2D eigenvalue weighted by molar-refractivity contribution is 6.42. The first-order chi connectivity index (χ1) is 9.65. The van der Waals surface area contributed by atoms with Crippen molar-refractivity contribution < 1.29 is 4.52 Å². The number of halogens is 3. The number of nitrogens with zero attached hydrogens (tertiary/aromatic N) is 3. The minimum atomic E-state index is 0. The fourth-order valence-corrected chi connectivity index (χ4v) is 2.51. The molecule has 1 unspecified atom stereocenters. The van der Waals surface area contributed by atoms with Crippen LogP contribution in [0, 0.1) is 0 Å². The van der Waals surface area contributed by atoms with Crippen LogP contribution < -0.4 is 5.32 Å². The predicted molar refractivity (Wildman–Crippen MR) is 85.2 cm³/mol. The average Bonchev–Trinajstić information content (AvgIpc) is 2.92. The topological polar surface area (TPSA) is 54.2 Å². The Balaban J connectivity index is 0.00000161. The van der Waals surface area contributed by atoms with Crippen LogP contribution in [0.15, 0.2) is 22.7 Å². The highest BCUT2D eigenvalue weighted by Crippen LogP contribution is 2.28. The fraction of sp³-hybridized carbons (Fsp3) is 0.385. The molecule has 5 nitrogen and oxygen atoms in total. The van der Waals surface area contributed by atoms with Crippen LogP contribution >= 0.6 is 35.6 Å². The Morgan fingerprint density at radius 2 is 2.14 bits per heavy atom. The maximum atomic E-state index is 6.00. The summed E-state index contributed by atoms with van der Waals surface area (Å²) in [7, 11) is 2.06. The summed E-state index contributed by atoms with van der Waals surface area (Å²) in [5.41, 5.74) is 0.768. The van der Waals surface area contributed by atoms with Crippen LogP contribution in [0.1, 0.15) is 11.9 Å². The summed E-state index contributed by atoms with van der Waals surface area (Å²) in [4.78, 5) is 6.67. The van der Waals surface area contributed by atoms with Crippen molar-refractivity contribution in [3.05, 3.63) is 34.1 Å². The Hall–Kier alpha value is -0.850. The Morgan fingerprint density at radius 1 is 1.33 bits per heavy atom. The highest BCUT2D eigenvalue weighted by Gasteiger charge is 2.25. The molecule has 0 amide bonds. The van der Waals surface area contributed by atoms with E-state index < -0.39 is 0 Å². The van der Waals surface area contributed by atoms with Gasteiger partial charge in [-0.05, 0) is 25.2 Å². The lowest BCUT2D eigenvalue weighted by Crippen LogP contribution is -2.44. The number of likely N-dealkylation sites (N-methyl/N-ethyl adjacent to an activating group) is 1. The summed E-state index contributed by atoms with van der Waals surface area (Å²) in [5, 5.41) is 8.38.